The summed E-state index contributed by atoms with van der Waals surface area (Å²) in [6, 6.07) is 14.0. The minimum Gasteiger partial charge on any atom is -0.493 e. The third-order valence-electron chi connectivity index (χ3n) is 3.39. The summed E-state index contributed by atoms with van der Waals surface area (Å²) >= 11 is 6.03. The standard InChI is InChI=1S/C19H25ClN2O/c1-14(2)13-23-18-6-4-5-17(12-18)21-9-10-22-19-11-16(20)8-7-15(19)3/h4-8,11-12,14,21-22H,9-10,13H2,1-3H3. The van der Waals surface area contributed by atoms with Crippen LogP contribution in [0.3, 0.4) is 0 Å². The number of halogens is 1. The maximum absolute atomic E-state index is 6.03. The van der Waals surface area contributed by atoms with E-state index in [0.717, 1.165) is 41.8 Å². The van der Waals surface area contributed by atoms with Crippen LogP contribution in [0.25, 0.3) is 0 Å². The molecule has 0 amide bonds. The van der Waals surface area contributed by atoms with Crippen LogP contribution in [0.5, 0.6) is 5.75 Å². The largest absolute Gasteiger partial charge is 0.493 e. The summed E-state index contributed by atoms with van der Waals surface area (Å²) in [5, 5.41) is 7.55. The number of benzene rings is 2. The summed E-state index contributed by atoms with van der Waals surface area (Å²) in [6.07, 6.45) is 0. The Morgan fingerprint density at radius 3 is 2.61 bits per heavy atom. The van der Waals surface area contributed by atoms with Gasteiger partial charge in [-0.2, -0.15) is 0 Å². The van der Waals surface area contributed by atoms with Crippen molar-refractivity contribution in [3.05, 3.63) is 53.1 Å². The fraction of sp³-hybridized carbons (Fsp3) is 0.368. The van der Waals surface area contributed by atoms with Gasteiger partial charge in [0.25, 0.3) is 0 Å². The Morgan fingerprint density at radius 2 is 1.83 bits per heavy atom. The van der Waals surface area contributed by atoms with Crippen molar-refractivity contribution in [1.82, 2.24) is 0 Å². The SMILES string of the molecule is Cc1ccc(Cl)cc1NCCNc1cccc(OCC(C)C)c1. The minimum atomic E-state index is 0.525. The maximum Gasteiger partial charge on any atom is 0.121 e. The molecule has 0 spiro atoms. The van der Waals surface area contributed by atoms with E-state index >= 15 is 0 Å². The lowest BCUT2D eigenvalue weighted by Crippen LogP contribution is -2.14. The van der Waals surface area contributed by atoms with Gasteiger partial charge in [-0.3, -0.25) is 0 Å². The first-order chi connectivity index (χ1) is 11.0. The Balaban J connectivity index is 1.80. The van der Waals surface area contributed by atoms with E-state index in [4.69, 9.17) is 16.3 Å². The highest BCUT2D eigenvalue weighted by Crippen LogP contribution is 2.20. The van der Waals surface area contributed by atoms with E-state index in [-0.39, 0.29) is 0 Å². The number of rotatable bonds is 8. The van der Waals surface area contributed by atoms with E-state index in [0.29, 0.717) is 5.92 Å². The van der Waals surface area contributed by atoms with Crippen LogP contribution in [0.15, 0.2) is 42.5 Å². The van der Waals surface area contributed by atoms with Crippen molar-refractivity contribution in [2.24, 2.45) is 5.92 Å². The van der Waals surface area contributed by atoms with Crippen molar-refractivity contribution in [3.63, 3.8) is 0 Å². The first-order valence-electron chi connectivity index (χ1n) is 8.01. The van der Waals surface area contributed by atoms with Crippen molar-refractivity contribution < 1.29 is 4.74 Å². The number of ether oxygens (including phenoxy) is 1. The lowest BCUT2D eigenvalue weighted by Gasteiger charge is -2.13. The van der Waals surface area contributed by atoms with Gasteiger partial charge in [0.15, 0.2) is 0 Å². The molecule has 2 rings (SSSR count). The van der Waals surface area contributed by atoms with Crippen molar-refractivity contribution in [1.29, 1.82) is 0 Å². The van der Waals surface area contributed by atoms with Gasteiger partial charge in [-0.05, 0) is 42.7 Å². The van der Waals surface area contributed by atoms with E-state index in [1.807, 2.05) is 42.5 Å². The molecule has 0 radical (unpaired) electrons. The van der Waals surface area contributed by atoms with Gasteiger partial charge in [0.1, 0.15) is 5.75 Å². The van der Waals surface area contributed by atoms with Gasteiger partial charge in [-0.25, -0.2) is 0 Å². The van der Waals surface area contributed by atoms with Gasteiger partial charge >= 0.3 is 0 Å². The van der Waals surface area contributed by atoms with Crippen LogP contribution in [-0.2, 0) is 0 Å². The molecule has 0 saturated carbocycles. The number of hydrogen-bond donors (Lipinski definition) is 2. The molecule has 2 aromatic rings. The van der Waals surface area contributed by atoms with Gasteiger partial charge in [-0.1, -0.05) is 37.6 Å². The molecular weight excluding hydrogens is 308 g/mol. The molecule has 2 N–H and O–H groups in total. The van der Waals surface area contributed by atoms with Crippen LogP contribution < -0.4 is 15.4 Å². The molecule has 0 aliphatic heterocycles. The highest BCUT2D eigenvalue weighted by Gasteiger charge is 2.00. The zero-order valence-corrected chi connectivity index (χ0v) is 14.8. The molecule has 0 unspecified atom stereocenters. The molecule has 124 valence electrons. The van der Waals surface area contributed by atoms with Crippen LogP contribution in [0.4, 0.5) is 11.4 Å². The first kappa shape index (κ1) is 17.5. The number of aryl methyl sites for hydroxylation is 1. The summed E-state index contributed by atoms with van der Waals surface area (Å²) in [6.45, 7) is 8.73. The summed E-state index contributed by atoms with van der Waals surface area (Å²) < 4.78 is 5.74. The number of hydrogen-bond acceptors (Lipinski definition) is 3. The van der Waals surface area contributed by atoms with Crippen LogP contribution in [0.1, 0.15) is 19.4 Å². The molecule has 0 aromatic heterocycles. The molecule has 0 atom stereocenters. The normalized spacial score (nSPS) is 10.7. The predicted molar refractivity (Wildman–Crippen MR) is 99.9 cm³/mol. The fourth-order valence-corrected chi connectivity index (χ4v) is 2.32. The lowest BCUT2D eigenvalue weighted by molar-refractivity contribution is 0.271. The molecule has 0 aliphatic carbocycles. The quantitative estimate of drug-likeness (QED) is 0.651. The Kier molecular flexibility index (Phi) is 6.60. The molecule has 23 heavy (non-hydrogen) atoms. The Hall–Kier alpha value is -1.87. The third kappa shape index (κ3) is 6.03. The Labute approximate surface area is 144 Å². The molecule has 0 fully saturated rings. The van der Waals surface area contributed by atoms with Crippen molar-refractivity contribution >= 4 is 23.0 Å². The lowest BCUT2D eigenvalue weighted by atomic mass is 10.2. The second kappa shape index (κ2) is 8.68. The Bertz CT molecular complexity index is 629. The summed E-state index contributed by atoms with van der Waals surface area (Å²) in [7, 11) is 0. The van der Waals surface area contributed by atoms with Crippen molar-refractivity contribution in [2.45, 2.75) is 20.8 Å². The molecule has 0 aliphatic rings. The second-order valence-corrected chi connectivity index (χ2v) is 6.48. The molecule has 0 bridgehead atoms. The monoisotopic (exact) mass is 332 g/mol. The van der Waals surface area contributed by atoms with Gasteiger partial charge < -0.3 is 15.4 Å². The van der Waals surface area contributed by atoms with Gasteiger partial charge in [0.2, 0.25) is 0 Å². The van der Waals surface area contributed by atoms with Gasteiger partial charge in [-0.15, -0.1) is 0 Å². The molecule has 4 heteroatoms. The van der Waals surface area contributed by atoms with Gasteiger partial charge in [0, 0.05) is 35.6 Å². The van der Waals surface area contributed by atoms with E-state index in [1.165, 1.54) is 5.56 Å². The smallest absolute Gasteiger partial charge is 0.121 e. The molecule has 2 aromatic carbocycles. The van der Waals surface area contributed by atoms with E-state index in [1.54, 1.807) is 0 Å². The molecular formula is C19H25ClN2O. The summed E-state index contributed by atoms with van der Waals surface area (Å²) in [5.41, 5.74) is 3.34. The number of anilines is 2. The van der Waals surface area contributed by atoms with Crippen molar-refractivity contribution in [2.75, 3.05) is 30.3 Å². The van der Waals surface area contributed by atoms with E-state index in [2.05, 4.69) is 31.4 Å². The fourth-order valence-electron chi connectivity index (χ4n) is 2.15. The number of nitrogens with one attached hydrogen (secondary N) is 2. The molecule has 0 heterocycles. The van der Waals surface area contributed by atoms with Gasteiger partial charge in [0.05, 0.1) is 6.61 Å². The second-order valence-electron chi connectivity index (χ2n) is 6.05. The summed E-state index contributed by atoms with van der Waals surface area (Å²) in [5.74, 6) is 1.43. The molecule has 0 saturated heterocycles. The first-order valence-corrected chi connectivity index (χ1v) is 8.39. The van der Waals surface area contributed by atoms with E-state index in [9.17, 15) is 0 Å². The predicted octanol–water partition coefficient (Wildman–Crippen LogP) is 5.21. The average molecular weight is 333 g/mol. The van der Waals surface area contributed by atoms with Crippen molar-refractivity contribution in [3.8, 4) is 5.75 Å². The third-order valence-corrected chi connectivity index (χ3v) is 3.62. The Morgan fingerprint density at radius 1 is 1.04 bits per heavy atom. The highest BCUT2D eigenvalue weighted by atomic mass is 35.5. The van der Waals surface area contributed by atoms with Crippen LogP contribution in [-0.4, -0.2) is 19.7 Å². The maximum atomic E-state index is 6.03. The average Bonchev–Trinajstić information content (AvgIpc) is 2.53. The highest BCUT2D eigenvalue weighted by molar-refractivity contribution is 6.30. The van der Waals surface area contributed by atoms with Crippen LogP contribution in [0.2, 0.25) is 5.02 Å². The minimum absolute atomic E-state index is 0.525. The van der Waals surface area contributed by atoms with E-state index < -0.39 is 0 Å². The molecule has 3 nitrogen and oxygen atoms in total. The van der Waals surface area contributed by atoms with Crippen LogP contribution >= 0.6 is 11.6 Å². The zero-order chi connectivity index (χ0) is 16.7. The zero-order valence-electron chi connectivity index (χ0n) is 14.0. The summed E-state index contributed by atoms with van der Waals surface area (Å²) in [4.78, 5) is 0. The van der Waals surface area contributed by atoms with Crippen LogP contribution in [0, 0.1) is 12.8 Å². The topological polar surface area (TPSA) is 33.3 Å².